The summed E-state index contributed by atoms with van der Waals surface area (Å²) in [6.45, 7) is 13.2. The number of hydrogen-bond acceptors (Lipinski definition) is 7. The largest absolute Gasteiger partial charge is 0.368 e. The third-order valence-corrected chi connectivity index (χ3v) is 6.77. The van der Waals surface area contributed by atoms with Gasteiger partial charge in [0, 0.05) is 0 Å². The zero-order chi connectivity index (χ0) is 22.8. The molecule has 1 aromatic rings. The molecule has 0 aromatic heterocycles. The molecule has 8 nitrogen and oxygen atoms in total. The lowest BCUT2D eigenvalue weighted by Crippen LogP contribution is -2.62. The summed E-state index contributed by atoms with van der Waals surface area (Å²) in [7, 11) is 0. The summed E-state index contributed by atoms with van der Waals surface area (Å²) in [6, 6.07) is 7.17. The minimum absolute atomic E-state index is 0.183. The average Bonchev–Trinajstić information content (AvgIpc) is 3.55. The quantitative estimate of drug-likeness (QED) is 0.367. The fraction of sp³-hybridized carbons (Fsp3) is 0.696. The van der Waals surface area contributed by atoms with Gasteiger partial charge >= 0.3 is 0 Å². The molecule has 176 valence electrons. The lowest BCUT2D eigenvalue weighted by molar-refractivity contribution is -0.169. The van der Waals surface area contributed by atoms with Crippen LogP contribution in [0.25, 0.3) is 0 Å². The van der Waals surface area contributed by atoms with Gasteiger partial charge in [0.1, 0.15) is 22.4 Å². The smallest absolute Gasteiger partial charge is 0.284 e. The van der Waals surface area contributed by atoms with Crippen molar-refractivity contribution in [1.29, 1.82) is 0 Å². The van der Waals surface area contributed by atoms with E-state index in [0.717, 1.165) is 0 Å². The highest BCUT2D eigenvalue weighted by atomic mass is 35.5. The first kappa shape index (κ1) is 22.5. The molecule has 1 aromatic carbocycles. The number of amides is 1. The topological polar surface area (TPSA) is 76.9 Å². The molecule has 0 aliphatic carbocycles. The van der Waals surface area contributed by atoms with Gasteiger partial charge in [-0.2, -0.15) is 15.1 Å². The molecule has 4 unspecified atom stereocenters. The van der Waals surface area contributed by atoms with Crippen molar-refractivity contribution in [3.05, 3.63) is 34.9 Å². The zero-order valence-corrected chi connectivity index (χ0v) is 20.0. The Balaban J connectivity index is 1.52. The SMILES string of the molecule is CC1(CN(CC2(C)CO2)N(C(=O)c2ccccc2Cl)N(CC2(C)CO2)CC2(C)CO2)CO1. The van der Waals surface area contributed by atoms with Gasteiger partial charge in [0.25, 0.3) is 5.91 Å². The van der Waals surface area contributed by atoms with Crippen LogP contribution in [0.15, 0.2) is 24.3 Å². The van der Waals surface area contributed by atoms with Crippen LogP contribution in [0.4, 0.5) is 0 Å². The number of carbonyl (C=O) groups excluding carboxylic acids is 1. The molecule has 0 N–H and O–H groups in total. The standard InChI is InChI=1S/C23H32ClN3O5/c1-20(13-29-20)9-25(10-21(2)14-30-21)27(19(28)17-7-5-6-8-18(17)24)26(11-22(3)15-31-22)12-23(4)16-32-23/h5-8H,9-16H2,1-4H3. The van der Waals surface area contributed by atoms with Gasteiger partial charge in [-0.25, -0.2) is 0 Å². The second-order valence-corrected chi connectivity index (χ2v) is 11.1. The van der Waals surface area contributed by atoms with Crippen LogP contribution in [0.1, 0.15) is 38.1 Å². The summed E-state index contributed by atoms with van der Waals surface area (Å²) < 4.78 is 22.9. The molecule has 0 bridgehead atoms. The lowest BCUT2D eigenvalue weighted by Gasteiger charge is -2.44. The second kappa shape index (κ2) is 7.63. The van der Waals surface area contributed by atoms with Crippen LogP contribution >= 0.6 is 11.6 Å². The molecule has 4 saturated heterocycles. The molecule has 9 heteroatoms. The van der Waals surface area contributed by atoms with Crippen LogP contribution in [0, 0.1) is 0 Å². The number of carbonyl (C=O) groups is 1. The molecule has 0 spiro atoms. The Kier molecular flexibility index (Phi) is 5.37. The van der Waals surface area contributed by atoms with E-state index >= 15 is 0 Å². The number of hydrogen-bond donors (Lipinski definition) is 0. The van der Waals surface area contributed by atoms with Gasteiger partial charge in [0.05, 0.1) is 63.2 Å². The maximum absolute atomic E-state index is 14.1. The summed E-state index contributed by atoms with van der Waals surface area (Å²) in [5.41, 5.74) is -0.728. The van der Waals surface area contributed by atoms with Crippen molar-refractivity contribution in [2.24, 2.45) is 0 Å². The molecule has 4 aliphatic rings. The van der Waals surface area contributed by atoms with Crippen molar-refractivity contribution in [3.63, 3.8) is 0 Å². The van der Waals surface area contributed by atoms with Crippen LogP contribution in [-0.2, 0) is 18.9 Å². The highest BCUT2D eigenvalue weighted by Crippen LogP contribution is 2.37. The number of ether oxygens (including phenoxy) is 4. The Morgan fingerprint density at radius 2 is 1.12 bits per heavy atom. The van der Waals surface area contributed by atoms with Crippen molar-refractivity contribution in [3.8, 4) is 0 Å². The molecule has 0 radical (unpaired) electrons. The minimum Gasteiger partial charge on any atom is -0.368 e. The van der Waals surface area contributed by atoms with Gasteiger partial charge < -0.3 is 18.9 Å². The Hall–Kier alpha value is -1.26. The molecule has 4 heterocycles. The Bertz CT molecular complexity index is 811. The molecular formula is C23H32ClN3O5. The van der Waals surface area contributed by atoms with Crippen molar-refractivity contribution >= 4 is 17.5 Å². The average molecular weight is 466 g/mol. The summed E-state index contributed by atoms with van der Waals surface area (Å²) in [6.07, 6.45) is 0. The molecule has 0 saturated carbocycles. The first-order chi connectivity index (χ1) is 15.0. The van der Waals surface area contributed by atoms with Crippen LogP contribution in [0.3, 0.4) is 0 Å². The van der Waals surface area contributed by atoms with Gasteiger partial charge in [-0.05, 0) is 39.8 Å². The Labute approximate surface area is 194 Å². The van der Waals surface area contributed by atoms with Crippen molar-refractivity contribution < 1.29 is 23.7 Å². The number of halogens is 1. The first-order valence-corrected chi connectivity index (χ1v) is 11.5. The minimum atomic E-state index is -0.296. The van der Waals surface area contributed by atoms with Gasteiger partial charge in [0.2, 0.25) is 0 Å². The molecule has 4 atom stereocenters. The van der Waals surface area contributed by atoms with Crippen molar-refractivity contribution in [2.75, 3.05) is 52.6 Å². The maximum atomic E-state index is 14.1. The fourth-order valence-electron chi connectivity index (χ4n) is 3.96. The third-order valence-electron chi connectivity index (χ3n) is 6.44. The van der Waals surface area contributed by atoms with E-state index in [-0.39, 0.29) is 28.3 Å². The normalized spacial score (nSPS) is 37.0. The van der Waals surface area contributed by atoms with E-state index in [1.54, 1.807) is 17.3 Å². The summed E-state index contributed by atoms with van der Waals surface area (Å²) in [5, 5.41) is 6.29. The second-order valence-electron chi connectivity index (χ2n) is 10.7. The fourth-order valence-corrected chi connectivity index (χ4v) is 4.18. The highest BCUT2D eigenvalue weighted by Gasteiger charge is 2.52. The monoisotopic (exact) mass is 465 g/mol. The molecule has 5 rings (SSSR count). The van der Waals surface area contributed by atoms with Gasteiger partial charge in [-0.1, -0.05) is 23.7 Å². The predicted octanol–water partition coefficient (Wildman–Crippen LogP) is 2.37. The van der Waals surface area contributed by atoms with Gasteiger partial charge in [-0.15, -0.1) is 0 Å². The molecule has 32 heavy (non-hydrogen) atoms. The zero-order valence-electron chi connectivity index (χ0n) is 19.2. The van der Waals surface area contributed by atoms with E-state index in [0.29, 0.717) is 63.2 Å². The summed E-state index contributed by atoms with van der Waals surface area (Å²) in [5.74, 6) is -0.183. The number of rotatable bonds is 11. The number of benzene rings is 1. The van der Waals surface area contributed by atoms with E-state index in [1.807, 2.05) is 12.1 Å². The summed E-state index contributed by atoms with van der Waals surface area (Å²) in [4.78, 5) is 14.1. The van der Waals surface area contributed by atoms with E-state index in [4.69, 9.17) is 30.5 Å². The van der Waals surface area contributed by atoms with Crippen LogP contribution in [-0.4, -0.2) is 96.1 Å². The molecule has 4 fully saturated rings. The highest BCUT2D eigenvalue weighted by molar-refractivity contribution is 6.33. The molecule has 4 aliphatic heterocycles. The lowest BCUT2D eigenvalue weighted by atomic mass is 10.1. The number of epoxide rings is 4. The first-order valence-electron chi connectivity index (χ1n) is 11.2. The van der Waals surface area contributed by atoms with E-state index in [1.165, 1.54) is 0 Å². The van der Waals surface area contributed by atoms with Crippen LogP contribution in [0.5, 0.6) is 0 Å². The molecule has 1 amide bonds. The maximum Gasteiger partial charge on any atom is 0.284 e. The Morgan fingerprint density at radius 3 is 1.44 bits per heavy atom. The predicted molar refractivity (Wildman–Crippen MR) is 118 cm³/mol. The van der Waals surface area contributed by atoms with E-state index < -0.39 is 0 Å². The Morgan fingerprint density at radius 1 is 0.781 bits per heavy atom. The van der Waals surface area contributed by atoms with Gasteiger partial charge in [0.15, 0.2) is 0 Å². The molecular weight excluding hydrogens is 434 g/mol. The van der Waals surface area contributed by atoms with E-state index in [2.05, 4.69) is 37.7 Å². The van der Waals surface area contributed by atoms with Crippen molar-refractivity contribution in [2.45, 2.75) is 50.1 Å². The number of hydrazine groups is 2. The van der Waals surface area contributed by atoms with Crippen molar-refractivity contribution in [1.82, 2.24) is 15.1 Å². The van der Waals surface area contributed by atoms with Crippen LogP contribution < -0.4 is 0 Å². The number of nitrogens with zero attached hydrogens (tertiary/aromatic N) is 3. The van der Waals surface area contributed by atoms with Crippen LogP contribution in [0.2, 0.25) is 5.02 Å². The third kappa shape index (κ3) is 5.12. The summed E-state index contributed by atoms with van der Waals surface area (Å²) >= 11 is 6.47. The van der Waals surface area contributed by atoms with Gasteiger partial charge in [-0.3, -0.25) is 4.79 Å². The van der Waals surface area contributed by atoms with E-state index in [9.17, 15) is 4.79 Å².